The van der Waals surface area contributed by atoms with Gasteiger partial charge in [0.1, 0.15) is 23.9 Å². The van der Waals surface area contributed by atoms with E-state index < -0.39 is 4.92 Å². The van der Waals surface area contributed by atoms with Gasteiger partial charge in [0.15, 0.2) is 0 Å². The van der Waals surface area contributed by atoms with Crippen molar-refractivity contribution in [1.82, 2.24) is 0 Å². The lowest BCUT2D eigenvalue weighted by Gasteiger charge is -2.09. The highest BCUT2D eigenvalue weighted by Crippen LogP contribution is 2.28. The minimum atomic E-state index is -0.455. The Hall–Kier alpha value is -2.15. The lowest BCUT2D eigenvalue weighted by Crippen LogP contribution is -2.00. The molecule has 0 saturated carbocycles. The van der Waals surface area contributed by atoms with E-state index >= 15 is 0 Å². The predicted octanol–water partition coefficient (Wildman–Crippen LogP) is 4.12. The lowest BCUT2D eigenvalue weighted by atomic mass is 10.2. The van der Waals surface area contributed by atoms with E-state index in [2.05, 4.69) is 21.2 Å². The molecule has 0 heterocycles. The summed E-state index contributed by atoms with van der Waals surface area (Å²) in [6.45, 7) is 0.148. The molecule has 0 aliphatic carbocycles. The zero-order valence-corrected chi connectivity index (χ0v) is 12.7. The molecule has 0 aliphatic heterocycles. The Balaban J connectivity index is 2.16. The maximum absolute atomic E-state index is 13.0. The molecule has 0 radical (unpaired) electrons. The van der Waals surface area contributed by atoms with Crippen molar-refractivity contribution in [3.63, 3.8) is 0 Å². The summed E-state index contributed by atoms with van der Waals surface area (Å²) in [6.07, 6.45) is 0. The molecule has 0 aromatic heterocycles. The van der Waals surface area contributed by atoms with Crippen LogP contribution >= 0.6 is 15.9 Å². The van der Waals surface area contributed by atoms with E-state index in [1.54, 1.807) is 19.2 Å². The minimum absolute atomic E-state index is 0.0169. The van der Waals surface area contributed by atoms with Crippen LogP contribution in [0.2, 0.25) is 0 Å². The standard InChI is InChI=1S/C14H12BrFN2O3/c1-17-12-4-2-9(6-13(12)18(19)20)8-21-14-5-3-10(16)7-11(14)15/h2-7,17H,8H2,1H3. The second-order valence-electron chi connectivity index (χ2n) is 4.22. The van der Waals surface area contributed by atoms with Crippen LogP contribution < -0.4 is 10.1 Å². The summed E-state index contributed by atoms with van der Waals surface area (Å²) in [5.41, 5.74) is 1.07. The average Bonchev–Trinajstić information content (AvgIpc) is 2.46. The molecule has 0 fully saturated rings. The van der Waals surface area contributed by atoms with Gasteiger partial charge in [-0.15, -0.1) is 0 Å². The third-order valence-electron chi connectivity index (χ3n) is 2.82. The molecule has 0 atom stereocenters. The van der Waals surface area contributed by atoms with Gasteiger partial charge in [-0.2, -0.15) is 0 Å². The first kappa shape index (κ1) is 15.2. The molecule has 0 amide bonds. The smallest absolute Gasteiger partial charge is 0.292 e. The van der Waals surface area contributed by atoms with Gasteiger partial charge in [-0.25, -0.2) is 4.39 Å². The number of nitrogens with zero attached hydrogens (tertiary/aromatic N) is 1. The second-order valence-corrected chi connectivity index (χ2v) is 5.08. The average molecular weight is 355 g/mol. The number of benzene rings is 2. The van der Waals surface area contributed by atoms with Gasteiger partial charge < -0.3 is 10.1 Å². The third kappa shape index (κ3) is 3.69. The molecule has 5 nitrogen and oxygen atoms in total. The largest absolute Gasteiger partial charge is 0.488 e. The summed E-state index contributed by atoms with van der Waals surface area (Å²) in [6, 6.07) is 8.88. The molecule has 0 spiro atoms. The van der Waals surface area contributed by atoms with Gasteiger partial charge in [0.05, 0.1) is 9.40 Å². The number of hydrogen-bond donors (Lipinski definition) is 1. The lowest BCUT2D eigenvalue weighted by molar-refractivity contribution is -0.384. The first-order valence-electron chi connectivity index (χ1n) is 6.04. The fourth-order valence-corrected chi connectivity index (χ4v) is 2.25. The van der Waals surface area contributed by atoms with Crippen molar-refractivity contribution in [2.24, 2.45) is 0 Å². The van der Waals surface area contributed by atoms with Crippen LogP contribution in [0.3, 0.4) is 0 Å². The Morgan fingerprint density at radius 3 is 2.71 bits per heavy atom. The Labute approximate surface area is 129 Å². The topological polar surface area (TPSA) is 64.4 Å². The van der Waals surface area contributed by atoms with Gasteiger partial charge >= 0.3 is 0 Å². The number of nitro groups is 1. The number of rotatable bonds is 5. The fourth-order valence-electron chi connectivity index (χ4n) is 1.78. The molecule has 1 N–H and O–H groups in total. The Morgan fingerprint density at radius 1 is 1.33 bits per heavy atom. The van der Waals surface area contributed by atoms with E-state index in [4.69, 9.17) is 4.74 Å². The molecule has 110 valence electrons. The quantitative estimate of drug-likeness (QED) is 0.647. The van der Waals surface area contributed by atoms with E-state index in [-0.39, 0.29) is 18.1 Å². The first-order valence-corrected chi connectivity index (χ1v) is 6.83. The van der Waals surface area contributed by atoms with Crippen molar-refractivity contribution in [2.75, 3.05) is 12.4 Å². The van der Waals surface area contributed by atoms with E-state index in [1.165, 1.54) is 24.3 Å². The summed E-state index contributed by atoms with van der Waals surface area (Å²) in [5, 5.41) is 13.7. The maximum atomic E-state index is 13.0. The van der Waals surface area contributed by atoms with E-state index in [0.29, 0.717) is 21.5 Å². The van der Waals surface area contributed by atoms with Crippen molar-refractivity contribution < 1.29 is 14.1 Å². The fraction of sp³-hybridized carbons (Fsp3) is 0.143. The maximum Gasteiger partial charge on any atom is 0.292 e. The first-order chi connectivity index (χ1) is 10.0. The predicted molar refractivity (Wildman–Crippen MR) is 81.1 cm³/mol. The zero-order chi connectivity index (χ0) is 15.4. The van der Waals surface area contributed by atoms with Crippen LogP contribution in [0.1, 0.15) is 5.56 Å². The van der Waals surface area contributed by atoms with Gasteiger partial charge in [0.2, 0.25) is 0 Å². The normalized spacial score (nSPS) is 10.2. The molecular formula is C14H12BrFN2O3. The van der Waals surface area contributed by atoms with Crippen LogP contribution in [0.4, 0.5) is 15.8 Å². The van der Waals surface area contributed by atoms with Crippen LogP contribution in [0, 0.1) is 15.9 Å². The molecule has 2 rings (SSSR count). The van der Waals surface area contributed by atoms with Crippen LogP contribution in [0.25, 0.3) is 0 Å². The Kier molecular flexibility index (Phi) is 4.74. The summed E-state index contributed by atoms with van der Waals surface area (Å²) in [5.74, 6) is 0.0972. The second kappa shape index (κ2) is 6.53. The van der Waals surface area contributed by atoms with E-state index in [1.807, 2.05) is 0 Å². The Bertz CT molecular complexity index is 679. The van der Waals surface area contributed by atoms with E-state index in [0.717, 1.165) is 0 Å². The van der Waals surface area contributed by atoms with Crippen molar-refractivity contribution in [3.05, 3.63) is 62.4 Å². The number of nitrogens with one attached hydrogen (secondary N) is 1. The molecule has 0 saturated heterocycles. The van der Waals surface area contributed by atoms with Crippen LogP contribution in [0.5, 0.6) is 5.75 Å². The number of hydrogen-bond acceptors (Lipinski definition) is 4. The summed E-state index contributed by atoms with van der Waals surface area (Å²) in [7, 11) is 1.62. The van der Waals surface area contributed by atoms with Gasteiger partial charge in [0, 0.05) is 13.1 Å². The van der Waals surface area contributed by atoms with Gasteiger partial charge in [0.25, 0.3) is 5.69 Å². The van der Waals surface area contributed by atoms with Crippen molar-refractivity contribution >= 4 is 27.3 Å². The molecule has 0 bridgehead atoms. The van der Waals surface area contributed by atoms with Crippen molar-refractivity contribution in [1.29, 1.82) is 0 Å². The van der Waals surface area contributed by atoms with Crippen LogP contribution in [0.15, 0.2) is 40.9 Å². The van der Waals surface area contributed by atoms with Gasteiger partial charge in [-0.05, 0) is 45.8 Å². The molecule has 0 aliphatic rings. The number of halogens is 2. The highest BCUT2D eigenvalue weighted by atomic mass is 79.9. The number of ether oxygens (including phenoxy) is 1. The minimum Gasteiger partial charge on any atom is -0.488 e. The van der Waals surface area contributed by atoms with Crippen LogP contribution in [-0.2, 0) is 6.61 Å². The molecule has 2 aromatic rings. The SMILES string of the molecule is CNc1ccc(COc2ccc(F)cc2Br)cc1[N+](=O)[O-]. The molecule has 7 heteroatoms. The number of anilines is 1. The molecule has 2 aromatic carbocycles. The third-order valence-corrected chi connectivity index (χ3v) is 3.44. The highest BCUT2D eigenvalue weighted by Gasteiger charge is 2.13. The van der Waals surface area contributed by atoms with Gasteiger partial charge in [-0.1, -0.05) is 6.07 Å². The highest BCUT2D eigenvalue weighted by molar-refractivity contribution is 9.10. The molecular weight excluding hydrogens is 343 g/mol. The summed E-state index contributed by atoms with van der Waals surface area (Å²) in [4.78, 5) is 10.5. The number of nitro benzene ring substituents is 1. The molecule has 0 unspecified atom stereocenters. The summed E-state index contributed by atoms with van der Waals surface area (Å²) >= 11 is 3.20. The summed E-state index contributed by atoms with van der Waals surface area (Å²) < 4.78 is 19.0. The zero-order valence-electron chi connectivity index (χ0n) is 11.1. The monoisotopic (exact) mass is 354 g/mol. The molecule has 21 heavy (non-hydrogen) atoms. The van der Waals surface area contributed by atoms with Crippen molar-refractivity contribution in [3.8, 4) is 5.75 Å². The Morgan fingerprint density at radius 2 is 2.10 bits per heavy atom. The van der Waals surface area contributed by atoms with Gasteiger partial charge in [-0.3, -0.25) is 10.1 Å². The van der Waals surface area contributed by atoms with E-state index in [9.17, 15) is 14.5 Å². The van der Waals surface area contributed by atoms with Crippen molar-refractivity contribution in [2.45, 2.75) is 6.61 Å². The van der Waals surface area contributed by atoms with Crippen LogP contribution in [-0.4, -0.2) is 12.0 Å².